The van der Waals surface area contributed by atoms with Crippen molar-refractivity contribution in [2.75, 3.05) is 0 Å². The molecule has 0 aliphatic rings. The van der Waals surface area contributed by atoms with Crippen molar-refractivity contribution in [1.29, 1.82) is 0 Å². The maximum Gasteiger partial charge on any atom is 0.0197 e. The Kier molecular flexibility index (Phi) is 3.32. The zero-order chi connectivity index (χ0) is 9.14. The maximum atomic E-state index is 3.76. The molecule has 0 spiro atoms. The Balaban J connectivity index is 3.22. The van der Waals surface area contributed by atoms with Crippen molar-refractivity contribution >= 4 is 22.6 Å². The molecular formula is C11H13I. The standard InChI is InChI=1S/C11H13I/c1-4-5-10-8(2)6-7-9(3)11(10)12/h4,6-7H,1,5H2,2-3H3. The molecular weight excluding hydrogens is 259 g/mol. The highest BCUT2D eigenvalue weighted by molar-refractivity contribution is 14.1. The lowest BCUT2D eigenvalue weighted by Crippen LogP contribution is -1.94. The molecule has 12 heavy (non-hydrogen) atoms. The number of hydrogen-bond donors (Lipinski definition) is 0. The molecule has 0 atom stereocenters. The van der Waals surface area contributed by atoms with E-state index in [0.717, 1.165) is 6.42 Å². The van der Waals surface area contributed by atoms with Crippen LogP contribution >= 0.6 is 22.6 Å². The summed E-state index contributed by atoms with van der Waals surface area (Å²) in [6, 6.07) is 4.35. The van der Waals surface area contributed by atoms with Crippen LogP contribution in [0.2, 0.25) is 0 Å². The Labute approximate surface area is 87.8 Å². The van der Waals surface area contributed by atoms with Gasteiger partial charge in [-0.2, -0.15) is 0 Å². The molecule has 1 heteroatoms. The van der Waals surface area contributed by atoms with Crippen LogP contribution in [-0.2, 0) is 6.42 Å². The molecule has 1 aromatic carbocycles. The van der Waals surface area contributed by atoms with Crippen LogP contribution < -0.4 is 0 Å². The number of allylic oxidation sites excluding steroid dienone is 1. The van der Waals surface area contributed by atoms with Gasteiger partial charge in [-0.15, -0.1) is 6.58 Å². The molecule has 0 unspecified atom stereocenters. The molecule has 0 saturated heterocycles. The van der Waals surface area contributed by atoms with E-state index in [9.17, 15) is 0 Å². The van der Waals surface area contributed by atoms with Crippen molar-refractivity contribution in [1.82, 2.24) is 0 Å². The Morgan fingerprint density at radius 1 is 1.33 bits per heavy atom. The smallest absolute Gasteiger partial charge is 0.0197 e. The molecule has 0 N–H and O–H groups in total. The molecule has 0 aromatic heterocycles. The minimum Gasteiger partial charge on any atom is -0.103 e. The maximum absolute atomic E-state index is 3.76. The molecule has 0 bridgehead atoms. The van der Waals surface area contributed by atoms with Crippen LogP contribution in [0.15, 0.2) is 24.8 Å². The van der Waals surface area contributed by atoms with Crippen LogP contribution in [0.3, 0.4) is 0 Å². The van der Waals surface area contributed by atoms with Crippen LogP contribution in [0, 0.1) is 17.4 Å². The van der Waals surface area contributed by atoms with E-state index in [4.69, 9.17) is 0 Å². The van der Waals surface area contributed by atoms with Gasteiger partial charge in [-0.05, 0) is 59.5 Å². The average molecular weight is 272 g/mol. The second-order valence-corrected chi connectivity index (χ2v) is 4.06. The Hall–Kier alpha value is -0.310. The number of aryl methyl sites for hydroxylation is 2. The normalized spacial score (nSPS) is 9.92. The number of rotatable bonds is 2. The van der Waals surface area contributed by atoms with Crippen molar-refractivity contribution in [3.8, 4) is 0 Å². The minimum absolute atomic E-state index is 0.978. The van der Waals surface area contributed by atoms with Crippen LogP contribution in [0.25, 0.3) is 0 Å². The van der Waals surface area contributed by atoms with Gasteiger partial charge in [0, 0.05) is 3.57 Å². The fraction of sp³-hybridized carbons (Fsp3) is 0.273. The van der Waals surface area contributed by atoms with Gasteiger partial charge in [0.1, 0.15) is 0 Å². The van der Waals surface area contributed by atoms with Crippen LogP contribution in [0.4, 0.5) is 0 Å². The van der Waals surface area contributed by atoms with Crippen molar-refractivity contribution in [2.24, 2.45) is 0 Å². The average Bonchev–Trinajstić information content (AvgIpc) is 2.06. The van der Waals surface area contributed by atoms with Crippen molar-refractivity contribution < 1.29 is 0 Å². The number of benzene rings is 1. The molecule has 0 heterocycles. The Morgan fingerprint density at radius 2 is 1.92 bits per heavy atom. The highest BCUT2D eigenvalue weighted by atomic mass is 127. The van der Waals surface area contributed by atoms with Crippen molar-refractivity contribution in [3.63, 3.8) is 0 Å². The molecule has 0 radical (unpaired) electrons. The third-order valence-corrected chi connectivity index (χ3v) is 3.52. The van der Waals surface area contributed by atoms with E-state index in [1.165, 1.54) is 20.3 Å². The lowest BCUT2D eigenvalue weighted by molar-refractivity contribution is 1.17. The third-order valence-electron chi connectivity index (χ3n) is 2.02. The molecule has 0 aliphatic heterocycles. The van der Waals surface area contributed by atoms with E-state index in [1.807, 2.05) is 6.08 Å². The Bertz CT molecular complexity index is 300. The molecule has 0 saturated carbocycles. The summed E-state index contributed by atoms with van der Waals surface area (Å²) >= 11 is 2.41. The van der Waals surface area contributed by atoms with E-state index in [1.54, 1.807) is 0 Å². The van der Waals surface area contributed by atoms with Gasteiger partial charge in [-0.1, -0.05) is 18.2 Å². The highest BCUT2D eigenvalue weighted by Crippen LogP contribution is 2.21. The second-order valence-electron chi connectivity index (χ2n) is 2.98. The van der Waals surface area contributed by atoms with E-state index in [-0.39, 0.29) is 0 Å². The summed E-state index contributed by atoms with van der Waals surface area (Å²) < 4.78 is 1.38. The quantitative estimate of drug-likeness (QED) is 0.569. The second kappa shape index (κ2) is 4.08. The highest BCUT2D eigenvalue weighted by Gasteiger charge is 2.03. The summed E-state index contributed by atoms with van der Waals surface area (Å²) in [5.74, 6) is 0. The van der Waals surface area contributed by atoms with Gasteiger partial charge in [0.15, 0.2) is 0 Å². The number of hydrogen-bond acceptors (Lipinski definition) is 0. The molecule has 0 aliphatic carbocycles. The van der Waals surface area contributed by atoms with E-state index in [0.29, 0.717) is 0 Å². The zero-order valence-electron chi connectivity index (χ0n) is 7.52. The fourth-order valence-corrected chi connectivity index (χ4v) is 2.06. The Morgan fingerprint density at radius 3 is 2.50 bits per heavy atom. The summed E-state index contributed by atoms with van der Waals surface area (Å²) in [6.45, 7) is 8.06. The summed E-state index contributed by atoms with van der Waals surface area (Å²) in [6.07, 6.45) is 2.94. The zero-order valence-corrected chi connectivity index (χ0v) is 9.68. The van der Waals surface area contributed by atoms with Gasteiger partial charge < -0.3 is 0 Å². The first-order valence-corrected chi connectivity index (χ1v) is 5.10. The lowest BCUT2D eigenvalue weighted by Gasteiger charge is -2.08. The fourth-order valence-electron chi connectivity index (χ4n) is 1.23. The third kappa shape index (κ3) is 1.89. The van der Waals surface area contributed by atoms with Gasteiger partial charge in [-0.3, -0.25) is 0 Å². The molecule has 1 rings (SSSR count). The molecule has 0 fully saturated rings. The van der Waals surface area contributed by atoms with E-state index in [2.05, 4.69) is 55.2 Å². The summed E-state index contributed by atoms with van der Waals surface area (Å²) in [5, 5.41) is 0. The van der Waals surface area contributed by atoms with Gasteiger partial charge >= 0.3 is 0 Å². The summed E-state index contributed by atoms with van der Waals surface area (Å²) in [4.78, 5) is 0. The van der Waals surface area contributed by atoms with Gasteiger partial charge in [0.25, 0.3) is 0 Å². The van der Waals surface area contributed by atoms with Gasteiger partial charge in [0.2, 0.25) is 0 Å². The lowest BCUT2D eigenvalue weighted by atomic mass is 10.0. The largest absolute Gasteiger partial charge is 0.103 e. The first-order chi connectivity index (χ1) is 5.66. The molecule has 64 valence electrons. The van der Waals surface area contributed by atoms with Gasteiger partial charge in [-0.25, -0.2) is 0 Å². The first-order valence-electron chi connectivity index (χ1n) is 4.02. The van der Waals surface area contributed by atoms with E-state index >= 15 is 0 Å². The molecule has 1 aromatic rings. The molecule has 0 nitrogen and oxygen atoms in total. The summed E-state index contributed by atoms with van der Waals surface area (Å²) in [7, 11) is 0. The molecule has 0 amide bonds. The van der Waals surface area contributed by atoms with Gasteiger partial charge in [0.05, 0.1) is 0 Å². The number of halogens is 1. The van der Waals surface area contributed by atoms with Crippen LogP contribution in [0.5, 0.6) is 0 Å². The van der Waals surface area contributed by atoms with Crippen LogP contribution in [-0.4, -0.2) is 0 Å². The predicted octanol–water partition coefficient (Wildman–Crippen LogP) is 3.64. The summed E-state index contributed by atoms with van der Waals surface area (Å²) in [5.41, 5.74) is 4.15. The SMILES string of the molecule is C=CCc1c(C)ccc(C)c1I. The first kappa shape index (κ1) is 9.78. The minimum atomic E-state index is 0.978. The van der Waals surface area contributed by atoms with Crippen LogP contribution in [0.1, 0.15) is 16.7 Å². The van der Waals surface area contributed by atoms with Crippen molar-refractivity contribution in [2.45, 2.75) is 20.3 Å². The monoisotopic (exact) mass is 272 g/mol. The topological polar surface area (TPSA) is 0 Å². The van der Waals surface area contributed by atoms with E-state index < -0.39 is 0 Å². The van der Waals surface area contributed by atoms with Crippen molar-refractivity contribution in [3.05, 3.63) is 45.0 Å². The predicted molar refractivity (Wildman–Crippen MR) is 62.5 cm³/mol.